The van der Waals surface area contributed by atoms with Gasteiger partial charge in [-0.3, -0.25) is 0 Å². The molecule has 2 aromatic heterocycles. The molecule has 0 radical (unpaired) electrons. The molecule has 0 amide bonds. The third-order valence-electron chi connectivity index (χ3n) is 5.90. The molecule has 5 nitrogen and oxygen atoms in total. The van der Waals surface area contributed by atoms with Crippen LogP contribution in [-0.2, 0) is 19.9 Å². The average molecular weight is 395 g/mol. The van der Waals surface area contributed by atoms with Crippen molar-refractivity contribution >= 4 is 28.6 Å². The predicted molar refractivity (Wildman–Crippen MR) is 101 cm³/mol. The molecule has 2 aliphatic heterocycles. The lowest BCUT2D eigenvalue weighted by molar-refractivity contribution is -0.953. The number of rotatable bonds is 4. The van der Waals surface area contributed by atoms with Gasteiger partial charge in [0, 0.05) is 12.8 Å². The molecule has 2 unspecified atom stereocenters. The lowest BCUT2D eigenvalue weighted by Crippen LogP contribution is -2.67. The van der Waals surface area contributed by atoms with Gasteiger partial charge in [-0.05, 0) is 22.9 Å². The standard InChI is InChI=1S/C19H24NO4S2/c1-20(2)13-9-15(10-14(20)12-23-11-13)24-18(21)19(22,16-5-3-7-25-16)17-6-4-8-26-17/h3-8,13-15,22H,9-12H2,1-2H3/q+1. The SMILES string of the molecule is C[N+]1(C)C2COCC1CC(OC(=O)C(O)(c1cccs1)c1cccs1)C2. The summed E-state index contributed by atoms with van der Waals surface area (Å²) >= 11 is 2.74. The Morgan fingerprint density at radius 1 is 1.15 bits per heavy atom. The Morgan fingerprint density at radius 2 is 1.69 bits per heavy atom. The fourth-order valence-corrected chi connectivity index (χ4v) is 5.74. The van der Waals surface area contributed by atoms with E-state index in [4.69, 9.17) is 9.47 Å². The first-order chi connectivity index (χ1) is 12.4. The molecule has 1 N–H and O–H groups in total. The van der Waals surface area contributed by atoms with Crippen LogP contribution in [0, 0.1) is 0 Å². The summed E-state index contributed by atoms with van der Waals surface area (Å²) in [4.78, 5) is 14.3. The van der Waals surface area contributed by atoms with E-state index in [9.17, 15) is 9.90 Å². The van der Waals surface area contributed by atoms with Crippen LogP contribution in [0.4, 0.5) is 0 Å². The van der Waals surface area contributed by atoms with Gasteiger partial charge in [-0.1, -0.05) is 12.1 Å². The van der Waals surface area contributed by atoms with Crippen LogP contribution in [0.5, 0.6) is 0 Å². The largest absolute Gasteiger partial charge is 0.459 e. The summed E-state index contributed by atoms with van der Waals surface area (Å²) in [5, 5.41) is 15.1. The molecule has 2 aliphatic rings. The van der Waals surface area contributed by atoms with Crippen LogP contribution in [0.15, 0.2) is 35.0 Å². The number of esters is 1. The van der Waals surface area contributed by atoms with Crippen molar-refractivity contribution in [3.63, 3.8) is 0 Å². The van der Waals surface area contributed by atoms with Crippen molar-refractivity contribution in [2.75, 3.05) is 27.3 Å². The van der Waals surface area contributed by atoms with Gasteiger partial charge in [0.15, 0.2) is 0 Å². The number of morpholine rings is 1. The fraction of sp³-hybridized carbons (Fsp3) is 0.526. The highest BCUT2D eigenvalue weighted by molar-refractivity contribution is 7.12. The van der Waals surface area contributed by atoms with Crippen LogP contribution in [0.25, 0.3) is 0 Å². The summed E-state index contributed by atoms with van der Waals surface area (Å²) in [5.74, 6) is -0.571. The van der Waals surface area contributed by atoms with E-state index in [1.165, 1.54) is 22.7 Å². The van der Waals surface area contributed by atoms with Gasteiger partial charge in [0.1, 0.15) is 18.2 Å². The molecule has 2 aromatic rings. The summed E-state index contributed by atoms with van der Waals surface area (Å²) in [7, 11) is 4.45. The summed E-state index contributed by atoms with van der Waals surface area (Å²) in [6.45, 7) is 1.38. The van der Waals surface area contributed by atoms with E-state index in [1.807, 2.05) is 22.9 Å². The average Bonchev–Trinajstić information content (AvgIpc) is 3.28. The summed E-state index contributed by atoms with van der Waals surface area (Å²) in [6, 6.07) is 7.89. The van der Waals surface area contributed by atoms with Crippen LogP contribution in [-0.4, -0.2) is 61.1 Å². The van der Waals surface area contributed by atoms with E-state index in [0.29, 0.717) is 35.1 Å². The van der Waals surface area contributed by atoms with Gasteiger partial charge in [0.2, 0.25) is 5.60 Å². The number of quaternary nitrogens is 1. The lowest BCUT2D eigenvalue weighted by Gasteiger charge is -2.52. The smallest absolute Gasteiger partial charge is 0.349 e. The summed E-state index contributed by atoms with van der Waals surface area (Å²) in [5.41, 5.74) is -1.73. The molecular formula is C19H24NO4S2+. The maximum absolute atomic E-state index is 13.1. The highest BCUT2D eigenvalue weighted by Gasteiger charge is 2.50. The minimum absolute atomic E-state index is 0.181. The van der Waals surface area contributed by atoms with Crippen molar-refractivity contribution in [1.29, 1.82) is 0 Å². The van der Waals surface area contributed by atoms with E-state index < -0.39 is 11.6 Å². The Bertz CT molecular complexity index is 706. The van der Waals surface area contributed by atoms with Crippen molar-refractivity contribution in [3.8, 4) is 0 Å². The molecule has 2 atom stereocenters. The van der Waals surface area contributed by atoms with Gasteiger partial charge in [-0.2, -0.15) is 0 Å². The predicted octanol–water partition coefficient (Wildman–Crippen LogP) is 2.59. The Labute approximate surface area is 161 Å². The van der Waals surface area contributed by atoms with Crippen molar-refractivity contribution in [2.45, 2.75) is 36.6 Å². The molecule has 4 heterocycles. The molecule has 0 aromatic carbocycles. The number of nitrogens with zero attached hydrogens (tertiary/aromatic N) is 1. The van der Waals surface area contributed by atoms with E-state index in [1.54, 1.807) is 12.1 Å². The van der Waals surface area contributed by atoms with Crippen LogP contribution >= 0.6 is 22.7 Å². The zero-order chi connectivity index (χ0) is 18.4. The first kappa shape index (κ1) is 18.1. The van der Waals surface area contributed by atoms with E-state index >= 15 is 0 Å². The summed E-state index contributed by atoms with van der Waals surface area (Å²) in [6.07, 6.45) is 1.35. The number of hydrogen-bond donors (Lipinski definition) is 1. The number of likely N-dealkylation sites (N-methyl/N-ethyl adjacent to an activating group) is 1. The number of hydrogen-bond acceptors (Lipinski definition) is 6. The number of aliphatic hydroxyl groups is 1. The Balaban J connectivity index is 1.57. The van der Waals surface area contributed by atoms with Gasteiger partial charge in [-0.25, -0.2) is 4.79 Å². The molecule has 2 fully saturated rings. The second-order valence-electron chi connectivity index (χ2n) is 7.64. The zero-order valence-electron chi connectivity index (χ0n) is 15.0. The van der Waals surface area contributed by atoms with Gasteiger partial charge in [0.05, 0.1) is 37.1 Å². The Hall–Kier alpha value is -1.25. The maximum Gasteiger partial charge on any atom is 0.349 e. The number of carbonyl (C=O) groups excluding carboxylic acids is 1. The van der Waals surface area contributed by atoms with Gasteiger partial charge >= 0.3 is 5.97 Å². The quantitative estimate of drug-likeness (QED) is 0.640. The molecule has 0 spiro atoms. The second-order valence-corrected chi connectivity index (χ2v) is 9.53. The van der Waals surface area contributed by atoms with Gasteiger partial charge < -0.3 is 19.1 Å². The van der Waals surface area contributed by atoms with E-state index in [0.717, 1.165) is 17.3 Å². The third kappa shape index (κ3) is 2.92. The van der Waals surface area contributed by atoms with E-state index in [2.05, 4.69) is 14.1 Å². The molecule has 26 heavy (non-hydrogen) atoms. The zero-order valence-corrected chi connectivity index (χ0v) is 16.6. The van der Waals surface area contributed by atoms with Gasteiger partial charge in [0.25, 0.3) is 0 Å². The topological polar surface area (TPSA) is 55.8 Å². The molecule has 2 bridgehead atoms. The minimum atomic E-state index is -1.73. The Kier molecular flexibility index (Phi) is 4.69. The monoisotopic (exact) mass is 394 g/mol. The Morgan fingerprint density at radius 3 is 2.15 bits per heavy atom. The highest BCUT2D eigenvalue weighted by atomic mass is 32.1. The first-order valence-electron chi connectivity index (χ1n) is 8.85. The van der Waals surface area contributed by atoms with Crippen LogP contribution in [0.3, 0.4) is 0 Å². The first-order valence-corrected chi connectivity index (χ1v) is 10.6. The second kappa shape index (κ2) is 6.73. The highest BCUT2D eigenvalue weighted by Crippen LogP contribution is 2.39. The van der Waals surface area contributed by atoms with Crippen molar-refractivity contribution in [1.82, 2.24) is 0 Å². The maximum atomic E-state index is 13.1. The van der Waals surface area contributed by atoms with E-state index in [-0.39, 0.29) is 6.10 Å². The van der Waals surface area contributed by atoms with Crippen molar-refractivity contribution in [2.24, 2.45) is 0 Å². The number of carbonyl (C=O) groups is 1. The minimum Gasteiger partial charge on any atom is -0.459 e. The normalized spacial score (nSPS) is 27.9. The fourth-order valence-electron chi connectivity index (χ4n) is 4.03. The van der Waals surface area contributed by atoms with Crippen molar-refractivity contribution in [3.05, 3.63) is 44.8 Å². The molecular weight excluding hydrogens is 370 g/mol. The lowest BCUT2D eigenvalue weighted by atomic mass is 9.89. The van der Waals surface area contributed by atoms with Crippen LogP contribution < -0.4 is 0 Å². The molecule has 2 saturated heterocycles. The van der Waals surface area contributed by atoms with Crippen LogP contribution in [0.2, 0.25) is 0 Å². The number of ether oxygens (including phenoxy) is 2. The van der Waals surface area contributed by atoms with Gasteiger partial charge in [-0.15, -0.1) is 22.7 Å². The molecule has 7 heteroatoms. The number of thiophene rings is 2. The molecule has 4 rings (SSSR count). The number of fused-ring (bicyclic) bond motifs is 2. The molecule has 140 valence electrons. The molecule has 0 aliphatic carbocycles. The molecule has 0 saturated carbocycles. The number of piperidine rings is 1. The van der Waals surface area contributed by atoms with Crippen LogP contribution in [0.1, 0.15) is 22.6 Å². The summed E-state index contributed by atoms with van der Waals surface area (Å²) < 4.78 is 12.5. The third-order valence-corrected chi connectivity index (χ3v) is 7.85. The van der Waals surface area contributed by atoms with Crippen molar-refractivity contribution < 1.29 is 23.9 Å².